The maximum Gasteiger partial charge on any atom is 0.449 e. The van der Waals surface area contributed by atoms with Gasteiger partial charge in [0, 0.05) is 12.0 Å². The average Bonchev–Trinajstić information content (AvgIpc) is 2.34. The number of nitro groups is 1. The first-order valence-electron chi connectivity index (χ1n) is 5.91. The lowest BCUT2D eigenvalue weighted by molar-refractivity contribution is -0.628. The SMILES string of the molecule is CC(C)C(O)(F)C1(F)C=C(F)C(F)([N+](=O)[O-])C(C)(F)C1(F)F. The molecule has 4 unspecified atom stereocenters. The van der Waals surface area contributed by atoms with Crippen LogP contribution in [0.4, 0.5) is 30.7 Å². The summed E-state index contributed by atoms with van der Waals surface area (Å²) in [6, 6.07) is 0. The van der Waals surface area contributed by atoms with Crippen molar-refractivity contribution in [1.29, 1.82) is 0 Å². The molecule has 0 aromatic heterocycles. The fraction of sp³-hybridized carbons (Fsp3) is 0.818. The lowest BCUT2D eigenvalue weighted by atomic mass is 9.69. The molecule has 0 aliphatic heterocycles. The number of halogens is 7. The van der Waals surface area contributed by atoms with E-state index in [1.54, 1.807) is 0 Å². The average molecular weight is 339 g/mol. The van der Waals surface area contributed by atoms with Crippen molar-refractivity contribution in [2.75, 3.05) is 0 Å². The first-order chi connectivity index (χ1) is 9.51. The summed E-state index contributed by atoms with van der Waals surface area (Å²) in [4.78, 5) is 8.13. The van der Waals surface area contributed by atoms with E-state index in [1.807, 2.05) is 0 Å². The van der Waals surface area contributed by atoms with E-state index in [0.717, 1.165) is 0 Å². The molecule has 1 N–H and O–H groups in total. The third-order valence-electron chi connectivity index (χ3n) is 3.84. The molecule has 0 fully saturated rings. The highest BCUT2D eigenvalue weighted by Crippen LogP contribution is 2.61. The summed E-state index contributed by atoms with van der Waals surface area (Å²) in [7, 11) is 0. The fourth-order valence-corrected chi connectivity index (χ4v) is 2.13. The molecule has 0 saturated heterocycles. The number of hydrogen-bond acceptors (Lipinski definition) is 3. The minimum Gasteiger partial charge on any atom is -0.359 e. The second kappa shape index (κ2) is 4.56. The quantitative estimate of drug-likeness (QED) is 0.372. The molecule has 4 atom stereocenters. The van der Waals surface area contributed by atoms with Crippen molar-refractivity contribution in [3.05, 3.63) is 22.0 Å². The van der Waals surface area contributed by atoms with Crippen LogP contribution in [-0.4, -0.2) is 38.9 Å². The number of aliphatic hydroxyl groups is 1. The molecule has 0 saturated carbocycles. The molecule has 128 valence electrons. The molecule has 0 aromatic rings. The van der Waals surface area contributed by atoms with Gasteiger partial charge in [0.05, 0.1) is 4.92 Å². The summed E-state index contributed by atoms with van der Waals surface area (Å²) in [5, 5.41) is 19.8. The van der Waals surface area contributed by atoms with Crippen molar-refractivity contribution < 1.29 is 40.8 Å². The number of rotatable bonds is 3. The highest BCUT2D eigenvalue weighted by atomic mass is 19.3. The third kappa shape index (κ3) is 1.74. The van der Waals surface area contributed by atoms with Crippen molar-refractivity contribution in [3.63, 3.8) is 0 Å². The van der Waals surface area contributed by atoms with Crippen molar-refractivity contribution >= 4 is 0 Å². The van der Waals surface area contributed by atoms with Crippen LogP contribution in [0.3, 0.4) is 0 Å². The van der Waals surface area contributed by atoms with Crippen LogP contribution in [0.1, 0.15) is 20.8 Å². The van der Waals surface area contributed by atoms with Crippen LogP contribution < -0.4 is 0 Å². The topological polar surface area (TPSA) is 63.4 Å². The van der Waals surface area contributed by atoms with E-state index in [4.69, 9.17) is 0 Å². The molecule has 11 heteroatoms. The minimum absolute atomic E-state index is 0.479. The van der Waals surface area contributed by atoms with Gasteiger partial charge in [-0.15, -0.1) is 0 Å². The van der Waals surface area contributed by atoms with Crippen LogP contribution in [0.5, 0.6) is 0 Å². The molecule has 0 radical (unpaired) electrons. The molecule has 1 aliphatic rings. The number of nitrogens with zero attached hydrogens (tertiary/aromatic N) is 1. The molecule has 1 aliphatic carbocycles. The lowest BCUT2D eigenvalue weighted by Crippen LogP contribution is -2.75. The fourth-order valence-electron chi connectivity index (χ4n) is 2.13. The predicted molar refractivity (Wildman–Crippen MR) is 59.2 cm³/mol. The van der Waals surface area contributed by atoms with Gasteiger partial charge in [0.25, 0.3) is 17.2 Å². The Kier molecular flexibility index (Phi) is 3.86. The van der Waals surface area contributed by atoms with Crippen LogP contribution in [0, 0.1) is 16.0 Å². The Hall–Kier alpha value is -1.39. The van der Waals surface area contributed by atoms with Gasteiger partial charge < -0.3 is 5.11 Å². The summed E-state index contributed by atoms with van der Waals surface area (Å²) >= 11 is 0. The Balaban J connectivity index is 3.83. The standard InChI is InChI=1S/C11H12F7NO3/c1-5(2)10(16,20)8(14)4-6(12)9(15,19(21)22)7(3,13)11(8,17)18/h4-5,20H,1-3H3. The summed E-state index contributed by atoms with van der Waals surface area (Å²) in [6.45, 7) is 0.945. The van der Waals surface area contributed by atoms with Crippen LogP contribution in [0.25, 0.3) is 0 Å². The smallest absolute Gasteiger partial charge is 0.359 e. The second-order valence-electron chi connectivity index (χ2n) is 5.49. The molecule has 0 spiro atoms. The van der Waals surface area contributed by atoms with Crippen LogP contribution in [0.15, 0.2) is 11.9 Å². The Labute approximate surface area is 119 Å². The van der Waals surface area contributed by atoms with E-state index in [1.165, 1.54) is 0 Å². The molecular formula is C11H12F7NO3. The summed E-state index contributed by atoms with van der Waals surface area (Å²) in [5.74, 6) is -20.3. The van der Waals surface area contributed by atoms with Gasteiger partial charge in [0.15, 0.2) is 0 Å². The Morgan fingerprint density at radius 3 is 2.00 bits per heavy atom. The monoisotopic (exact) mass is 339 g/mol. The van der Waals surface area contributed by atoms with Crippen molar-refractivity contribution in [2.45, 2.75) is 49.7 Å². The lowest BCUT2D eigenvalue weighted by Gasteiger charge is -2.48. The minimum atomic E-state index is -5.80. The third-order valence-corrected chi connectivity index (χ3v) is 3.84. The summed E-state index contributed by atoms with van der Waals surface area (Å²) in [6.07, 6.45) is -1.11. The first kappa shape index (κ1) is 18.7. The van der Waals surface area contributed by atoms with Gasteiger partial charge >= 0.3 is 11.7 Å². The van der Waals surface area contributed by atoms with Crippen molar-refractivity contribution in [2.24, 2.45) is 5.92 Å². The van der Waals surface area contributed by atoms with E-state index in [0.29, 0.717) is 13.8 Å². The van der Waals surface area contributed by atoms with Crippen LogP contribution >= 0.6 is 0 Å². The molecule has 4 nitrogen and oxygen atoms in total. The van der Waals surface area contributed by atoms with Crippen LogP contribution in [-0.2, 0) is 0 Å². The molecule has 0 bridgehead atoms. The maximum absolute atomic E-state index is 14.4. The van der Waals surface area contributed by atoms with Crippen LogP contribution in [0.2, 0.25) is 0 Å². The molecule has 22 heavy (non-hydrogen) atoms. The van der Waals surface area contributed by atoms with Gasteiger partial charge in [-0.1, -0.05) is 13.8 Å². The van der Waals surface area contributed by atoms with E-state index in [9.17, 15) is 46.0 Å². The zero-order chi connectivity index (χ0) is 17.9. The molecule has 0 aromatic carbocycles. The van der Waals surface area contributed by atoms with Gasteiger partial charge in [-0.3, -0.25) is 10.1 Å². The van der Waals surface area contributed by atoms with E-state index < -0.39 is 58.6 Å². The van der Waals surface area contributed by atoms with Gasteiger partial charge in [0.1, 0.15) is 0 Å². The van der Waals surface area contributed by atoms with E-state index in [2.05, 4.69) is 0 Å². The normalized spacial score (nSPS) is 41.0. The molecule has 1 rings (SSSR count). The maximum atomic E-state index is 14.4. The largest absolute Gasteiger partial charge is 0.449 e. The van der Waals surface area contributed by atoms with Gasteiger partial charge in [-0.2, -0.15) is 13.2 Å². The predicted octanol–water partition coefficient (Wildman–Crippen LogP) is 3.18. The van der Waals surface area contributed by atoms with Gasteiger partial charge in [0.2, 0.25) is 5.83 Å². The summed E-state index contributed by atoms with van der Waals surface area (Å²) < 4.78 is 98.0. The van der Waals surface area contributed by atoms with Gasteiger partial charge in [-0.25, -0.2) is 17.6 Å². The number of hydrogen-bond donors (Lipinski definition) is 1. The Morgan fingerprint density at radius 2 is 1.68 bits per heavy atom. The van der Waals surface area contributed by atoms with Gasteiger partial charge in [-0.05, 0) is 6.92 Å². The molecule has 0 amide bonds. The Bertz CT molecular complexity index is 534. The highest BCUT2D eigenvalue weighted by Gasteiger charge is 2.88. The zero-order valence-corrected chi connectivity index (χ0v) is 11.5. The highest BCUT2D eigenvalue weighted by molar-refractivity contribution is 5.34. The van der Waals surface area contributed by atoms with Crippen molar-refractivity contribution in [1.82, 2.24) is 0 Å². The second-order valence-corrected chi connectivity index (χ2v) is 5.49. The first-order valence-corrected chi connectivity index (χ1v) is 5.91. The molecule has 0 heterocycles. The summed E-state index contributed by atoms with van der Waals surface area (Å²) in [5.41, 5.74) is -10.2. The molecular weight excluding hydrogens is 327 g/mol. The Morgan fingerprint density at radius 1 is 1.27 bits per heavy atom. The van der Waals surface area contributed by atoms with Crippen molar-refractivity contribution in [3.8, 4) is 0 Å². The zero-order valence-electron chi connectivity index (χ0n) is 11.5. The van der Waals surface area contributed by atoms with E-state index in [-0.39, 0.29) is 0 Å². The number of alkyl halides is 6. The van der Waals surface area contributed by atoms with E-state index >= 15 is 0 Å².